The predicted molar refractivity (Wildman–Crippen MR) is 39.2 cm³/mol. The monoisotopic (exact) mass is 172 g/mol. The van der Waals surface area contributed by atoms with Crippen LogP contribution < -0.4 is 9.47 Å². The predicted octanol–water partition coefficient (Wildman–Crippen LogP) is 1.77. The van der Waals surface area contributed by atoms with Gasteiger partial charge in [0, 0.05) is 12.1 Å². The summed E-state index contributed by atoms with van der Waals surface area (Å²) in [5, 5.41) is 9.43. The van der Waals surface area contributed by atoms with Crippen LogP contribution in [0, 0.1) is 0 Å². The molecule has 0 radical (unpaired) electrons. The minimum Gasteiger partial charge on any atom is -0.508 e. The largest absolute Gasteiger partial charge is 0.508 e. The highest BCUT2D eigenvalue weighted by atomic mass is 35.5. The molecule has 3 nitrogen and oxygen atoms in total. The molecule has 1 aromatic rings. The van der Waals surface area contributed by atoms with Crippen molar-refractivity contribution in [1.29, 1.82) is 0 Å². The fourth-order valence-corrected chi connectivity index (χ4v) is 1.21. The van der Waals surface area contributed by atoms with Gasteiger partial charge in [0.2, 0.25) is 6.79 Å². The van der Waals surface area contributed by atoms with E-state index in [-0.39, 0.29) is 12.5 Å². The lowest BCUT2D eigenvalue weighted by Gasteiger charge is -1.98. The third-order valence-corrected chi connectivity index (χ3v) is 1.69. The number of phenolic OH excluding ortho intramolecular Hbond substituents is 1. The first-order valence-electron chi connectivity index (χ1n) is 3.05. The molecule has 1 aromatic carbocycles. The number of rotatable bonds is 0. The Morgan fingerprint density at radius 2 is 2.18 bits per heavy atom. The second-order valence-corrected chi connectivity index (χ2v) is 2.57. The van der Waals surface area contributed by atoms with Crippen molar-refractivity contribution < 1.29 is 14.6 Å². The van der Waals surface area contributed by atoms with Gasteiger partial charge in [-0.15, -0.1) is 0 Å². The smallest absolute Gasteiger partial charge is 0.231 e. The zero-order valence-electron chi connectivity index (χ0n) is 5.50. The van der Waals surface area contributed by atoms with Gasteiger partial charge in [0.15, 0.2) is 11.5 Å². The summed E-state index contributed by atoms with van der Waals surface area (Å²) >= 11 is 5.71. The van der Waals surface area contributed by atoms with Gasteiger partial charge in [-0.2, -0.15) is 0 Å². The quantitative estimate of drug-likeness (QED) is 0.648. The Bertz CT molecular complexity index is 298. The molecule has 1 N–H and O–H groups in total. The van der Waals surface area contributed by atoms with Gasteiger partial charge in [-0.25, -0.2) is 0 Å². The Kier molecular flexibility index (Phi) is 1.32. The van der Waals surface area contributed by atoms with Crippen LogP contribution in [0.5, 0.6) is 17.2 Å². The zero-order valence-corrected chi connectivity index (χ0v) is 6.26. The van der Waals surface area contributed by atoms with E-state index in [0.29, 0.717) is 16.5 Å². The van der Waals surface area contributed by atoms with Crippen LogP contribution in [0.3, 0.4) is 0 Å². The molecule has 0 saturated carbocycles. The van der Waals surface area contributed by atoms with E-state index in [9.17, 15) is 0 Å². The minimum atomic E-state index is 0.0826. The third-order valence-electron chi connectivity index (χ3n) is 1.41. The summed E-state index contributed by atoms with van der Waals surface area (Å²) in [6, 6.07) is 2.88. The van der Waals surface area contributed by atoms with Gasteiger partial charge < -0.3 is 14.6 Å². The SMILES string of the molecule is Oc1cc(Cl)c2c(c1)OCO2. The number of fused-ring (bicyclic) bond motifs is 1. The highest BCUT2D eigenvalue weighted by Gasteiger charge is 2.17. The maximum absolute atomic E-state index is 9.06. The van der Waals surface area contributed by atoms with Crippen LogP contribution in [0.2, 0.25) is 5.02 Å². The summed E-state index contributed by atoms with van der Waals surface area (Å²) < 4.78 is 10.0. The fourth-order valence-electron chi connectivity index (χ4n) is 0.954. The van der Waals surface area contributed by atoms with Crippen LogP contribution >= 0.6 is 11.6 Å². The first-order chi connectivity index (χ1) is 5.27. The van der Waals surface area contributed by atoms with Gasteiger partial charge in [0.05, 0.1) is 5.02 Å². The van der Waals surface area contributed by atoms with Gasteiger partial charge in [0.1, 0.15) is 5.75 Å². The van der Waals surface area contributed by atoms with Gasteiger partial charge in [-0.05, 0) is 0 Å². The maximum atomic E-state index is 9.06. The summed E-state index contributed by atoms with van der Waals surface area (Å²) in [4.78, 5) is 0. The molecule has 1 aliphatic heterocycles. The standard InChI is InChI=1S/C7H5ClO3/c8-5-1-4(9)2-6-7(5)11-3-10-6/h1-2,9H,3H2. The van der Waals surface area contributed by atoms with E-state index in [0.717, 1.165) is 0 Å². The number of phenols is 1. The Hall–Kier alpha value is -1.09. The lowest BCUT2D eigenvalue weighted by Crippen LogP contribution is -1.93. The molecule has 0 atom stereocenters. The van der Waals surface area contributed by atoms with E-state index in [1.807, 2.05) is 0 Å². The Balaban J connectivity index is 2.60. The molecule has 0 fully saturated rings. The van der Waals surface area contributed by atoms with E-state index in [4.69, 9.17) is 26.2 Å². The van der Waals surface area contributed by atoms with Crippen molar-refractivity contribution in [2.45, 2.75) is 0 Å². The molecule has 4 heteroatoms. The van der Waals surface area contributed by atoms with Gasteiger partial charge in [-0.1, -0.05) is 11.6 Å². The second-order valence-electron chi connectivity index (χ2n) is 2.16. The Morgan fingerprint density at radius 1 is 1.36 bits per heavy atom. The van der Waals surface area contributed by atoms with Crippen LogP contribution in [0.25, 0.3) is 0 Å². The van der Waals surface area contributed by atoms with Gasteiger partial charge >= 0.3 is 0 Å². The third kappa shape index (κ3) is 0.973. The first-order valence-corrected chi connectivity index (χ1v) is 3.43. The molecule has 0 unspecified atom stereocenters. The van der Waals surface area contributed by atoms with Crippen molar-refractivity contribution in [2.24, 2.45) is 0 Å². The van der Waals surface area contributed by atoms with Crippen molar-refractivity contribution in [3.63, 3.8) is 0 Å². The normalized spacial score (nSPS) is 13.5. The molecule has 0 amide bonds. The Morgan fingerprint density at radius 3 is 3.00 bits per heavy atom. The molecule has 11 heavy (non-hydrogen) atoms. The summed E-state index contributed by atoms with van der Waals surface area (Å²) in [7, 11) is 0. The van der Waals surface area contributed by atoms with Crippen LogP contribution in [-0.4, -0.2) is 11.9 Å². The molecule has 58 valence electrons. The number of hydrogen-bond donors (Lipinski definition) is 1. The van der Waals surface area contributed by atoms with E-state index < -0.39 is 0 Å². The summed E-state index contributed by atoms with van der Waals surface area (Å²) in [6.45, 7) is 0.165. The van der Waals surface area contributed by atoms with Crippen LogP contribution in [0.4, 0.5) is 0 Å². The number of aromatic hydroxyl groups is 1. The lowest BCUT2D eigenvalue weighted by molar-refractivity contribution is 0.174. The maximum Gasteiger partial charge on any atom is 0.231 e. The molecule has 0 saturated heterocycles. The molecule has 0 bridgehead atoms. The van der Waals surface area contributed by atoms with Crippen molar-refractivity contribution >= 4 is 11.6 Å². The topological polar surface area (TPSA) is 38.7 Å². The molecule has 2 rings (SSSR count). The van der Waals surface area contributed by atoms with E-state index in [1.54, 1.807) is 0 Å². The molecular weight excluding hydrogens is 168 g/mol. The molecule has 0 aliphatic carbocycles. The Labute approximate surface area is 68.1 Å². The van der Waals surface area contributed by atoms with Crippen molar-refractivity contribution in [3.8, 4) is 17.2 Å². The highest BCUT2D eigenvalue weighted by Crippen LogP contribution is 2.41. The van der Waals surface area contributed by atoms with Crippen LogP contribution in [0.1, 0.15) is 0 Å². The lowest BCUT2D eigenvalue weighted by atomic mass is 10.3. The minimum absolute atomic E-state index is 0.0826. The number of benzene rings is 1. The second kappa shape index (κ2) is 2.20. The number of ether oxygens (including phenoxy) is 2. The van der Waals surface area contributed by atoms with Crippen molar-refractivity contribution in [1.82, 2.24) is 0 Å². The fraction of sp³-hybridized carbons (Fsp3) is 0.143. The van der Waals surface area contributed by atoms with Crippen LogP contribution in [-0.2, 0) is 0 Å². The summed E-state index contributed by atoms with van der Waals surface area (Å²) in [5.41, 5.74) is 0. The molecule has 0 spiro atoms. The molecule has 1 aliphatic rings. The van der Waals surface area contributed by atoms with Crippen LogP contribution in [0.15, 0.2) is 12.1 Å². The number of halogens is 1. The average Bonchev–Trinajstić information content (AvgIpc) is 2.34. The van der Waals surface area contributed by atoms with E-state index in [1.165, 1.54) is 12.1 Å². The highest BCUT2D eigenvalue weighted by molar-refractivity contribution is 6.32. The average molecular weight is 173 g/mol. The van der Waals surface area contributed by atoms with E-state index >= 15 is 0 Å². The van der Waals surface area contributed by atoms with E-state index in [2.05, 4.69) is 0 Å². The van der Waals surface area contributed by atoms with Gasteiger partial charge in [0.25, 0.3) is 0 Å². The zero-order chi connectivity index (χ0) is 7.84. The first kappa shape index (κ1) is 6.61. The molecule has 0 aromatic heterocycles. The van der Waals surface area contributed by atoms with Crippen molar-refractivity contribution in [3.05, 3.63) is 17.2 Å². The number of hydrogen-bond acceptors (Lipinski definition) is 3. The summed E-state index contributed by atoms with van der Waals surface area (Å²) in [6.07, 6.45) is 0. The van der Waals surface area contributed by atoms with Crippen molar-refractivity contribution in [2.75, 3.05) is 6.79 Å². The molecular formula is C7H5ClO3. The van der Waals surface area contributed by atoms with Gasteiger partial charge in [-0.3, -0.25) is 0 Å². The molecule has 1 heterocycles. The summed E-state index contributed by atoms with van der Waals surface area (Å²) in [5.74, 6) is 1.08.